The number of carbonyl (C=O) groups excluding carboxylic acids is 2. The van der Waals surface area contributed by atoms with Crippen molar-refractivity contribution >= 4 is 21.9 Å². The maximum atomic E-state index is 12.6. The molecule has 1 heterocycles. The van der Waals surface area contributed by atoms with Crippen molar-refractivity contribution in [2.24, 2.45) is 0 Å². The van der Waals surface area contributed by atoms with Crippen molar-refractivity contribution in [1.82, 2.24) is 10.0 Å². The van der Waals surface area contributed by atoms with Gasteiger partial charge in [-0.1, -0.05) is 42.5 Å². The molecule has 0 saturated heterocycles. The van der Waals surface area contributed by atoms with Crippen molar-refractivity contribution in [3.63, 3.8) is 0 Å². The number of fused-ring (bicyclic) bond motifs is 1. The number of hydrogen-bond donors (Lipinski definition) is 2. The van der Waals surface area contributed by atoms with E-state index in [9.17, 15) is 18.0 Å². The summed E-state index contributed by atoms with van der Waals surface area (Å²) in [5.74, 6) is -0.0725. The van der Waals surface area contributed by atoms with E-state index in [0.717, 1.165) is 11.1 Å². The number of esters is 1. The Morgan fingerprint density at radius 2 is 1.74 bits per heavy atom. The van der Waals surface area contributed by atoms with Gasteiger partial charge >= 0.3 is 5.97 Å². The van der Waals surface area contributed by atoms with Crippen molar-refractivity contribution in [2.45, 2.75) is 24.4 Å². The zero-order valence-corrected chi connectivity index (χ0v) is 19.7. The Labute approximate surface area is 203 Å². The van der Waals surface area contributed by atoms with Gasteiger partial charge in [-0.25, -0.2) is 17.9 Å². The van der Waals surface area contributed by atoms with Gasteiger partial charge in [0.2, 0.25) is 16.8 Å². The van der Waals surface area contributed by atoms with E-state index in [1.807, 2.05) is 24.3 Å². The van der Waals surface area contributed by atoms with Crippen LogP contribution >= 0.6 is 0 Å². The van der Waals surface area contributed by atoms with E-state index in [1.54, 1.807) is 31.2 Å². The summed E-state index contributed by atoms with van der Waals surface area (Å²) < 4.78 is 43.5. The van der Waals surface area contributed by atoms with Gasteiger partial charge in [-0.2, -0.15) is 0 Å². The summed E-state index contributed by atoms with van der Waals surface area (Å²) in [6.45, 7) is 1.53. The average molecular weight is 497 g/mol. The highest BCUT2D eigenvalue weighted by atomic mass is 32.2. The van der Waals surface area contributed by atoms with E-state index < -0.39 is 28.5 Å². The Morgan fingerprint density at radius 1 is 0.971 bits per heavy atom. The molecule has 182 valence electrons. The van der Waals surface area contributed by atoms with E-state index in [0.29, 0.717) is 11.5 Å². The molecule has 1 aliphatic heterocycles. The zero-order valence-electron chi connectivity index (χ0n) is 18.9. The van der Waals surface area contributed by atoms with Crippen LogP contribution in [0.15, 0.2) is 77.7 Å². The summed E-state index contributed by atoms with van der Waals surface area (Å²) in [5, 5.41) is 2.74. The molecule has 0 bridgehead atoms. The van der Waals surface area contributed by atoms with E-state index in [2.05, 4.69) is 10.0 Å². The smallest absolute Gasteiger partial charge is 0.338 e. The Hall–Kier alpha value is -3.89. The lowest BCUT2D eigenvalue weighted by Gasteiger charge is -2.15. The Kier molecular flexibility index (Phi) is 7.33. The van der Waals surface area contributed by atoms with Crippen molar-refractivity contribution in [3.05, 3.63) is 89.5 Å². The maximum Gasteiger partial charge on any atom is 0.338 e. The second kappa shape index (κ2) is 10.6. The summed E-state index contributed by atoms with van der Waals surface area (Å²) in [7, 11) is -3.85. The van der Waals surface area contributed by atoms with Gasteiger partial charge in [0.25, 0.3) is 5.91 Å². The molecular weight excluding hydrogens is 472 g/mol. The van der Waals surface area contributed by atoms with Gasteiger partial charge in [0.15, 0.2) is 18.1 Å². The van der Waals surface area contributed by atoms with Gasteiger partial charge in [-0.3, -0.25) is 4.79 Å². The normalized spacial score (nSPS) is 13.2. The van der Waals surface area contributed by atoms with Crippen molar-refractivity contribution < 1.29 is 32.2 Å². The molecule has 1 aliphatic rings. The van der Waals surface area contributed by atoms with Crippen LogP contribution in [-0.4, -0.2) is 33.7 Å². The molecule has 10 heteroatoms. The molecule has 1 amide bonds. The highest BCUT2D eigenvalue weighted by Crippen LogP contribution is 2.34. The molecule has 2 N–H and O–H groups in total. The minimum atomic E-state index is -3.85. The van der Waals surface area contributed by atoms with Gasteiger partial charge in [0, 0.05) is 6.54 Å². The standard InChI is InChI=1S/C25H24N2O7S/c1-17(19-10-11-22-23(13-19)34-16-33-22)27-24(28)15-32-25(29)20-8-5-9-21(12-20)35(30,31)26-14-18-6-3-2-4-7-18/h2-13,17,26H,14-16H2,1H3,(H,27,28). The molecule has 0 aromatic heterocycles. The Bertz CT molecular complexity index is 1330. The van der Waals surface area contributed by atoms with Gasteiger partial charge in [-0.15, -0.1) is 0 Å². The fourth-order valence-electron chi connectivity index (χ4n) is 3.41. The molecule has 0 fully saturated rings. The maximum absolute atomic E-state index is 12.6. The van der Waals surface area contributed by atoms with Gasteiger partial charge < -0.3 is 19.5 Å². The van der Waals surface area contributed by atoms with Gasteiger partial charge in [0.1, 0.15) is 0 Å². The Morgan fingerprint density at radius 3 is 2.54 bits per heavy atom. The van der Waals surface area contributed by atoms with Crippen LogP contribution in [0.5, 0.6) is 11.5 Å². The molecule has 0 saturated carbocycles. The number of benzene rings is 3. The molecule has 4 rings (SSSR count). The molecule has 9 nitrogen and oxygen atoms in total. The third-order valence-corrected chi connectivity index (χ3v) is 6.70. The third kappa shape index (κ3) is 6.17. The molecular formula is C25H24N2O7S. The van der Waals surface area contributed by atoms with Crippen LogP contribution in [0, 0.1) is 0 Å². The number of rotatable bonds is 9. The molecule has 0 aliphatic carbocycles. The predicted octanol–water partition coefficient (Wildman–Crippen LogP) is 2.93. The van der Waals surface area contributed by atoms with Crippen LogP contribution in [-0.2, 0) is 26.1 Å². The fourth-order valence-corrected chi connectivity index (χ4v) is 4.47. The van der Waals surface area contributed by atoms with Crippen LogP contribution in [0.25, 0.3) is 0 Å². The van der Waals surface area contributed by atoms with E-state index >= 15 is 0 Å². The molecule has 3 aromatic carbocycles. The number of nitrogens with one attached hydrogen (secondary N) is 2. The number of hydrogen-bond acceptors (Lipinski definition) is 7. The van der Waals surface area contributed by atoms with Crippen LogP contribution in [0.1, 0.15) is 34.5 Å². The van der Waals surface area contributed by atoms with Crippen molar-refractivity contribution in [1.29, 1.82) is 0 Å². The summed E-state index contributed by atoms with van der Waals surface area (Å²) in [4.78, 5) is 24.7. The lowest BCUT2D eigenvalue weighted by molar-refractivity contribution is -0.124. The highest BCUT2D eigenvalue weighted by Gasteiger charge is 2.19. The van der Waals surface area contributed by atoms with Gasteiger partial charge in [0.05, 0.1) is 16.5 Å². The minimum absolute atomic E-state index is 0.0178. The average Bonchev–Trinajstić information content (AvgIpc) is 3.35. The number of carbonyl (C=O) groups is 2. The first-order valence-corrected chi connectivity index (χ1v) is 12.3. The summed E-state index contributed by atoms with van der Waals surface area (Å²) in [6.07, 6.45) is 0. The third-order valence-electron chi connectivity index (χ3n) is 5.30. The second-order valence-corrected chi connectivity index (χ2v) is 9.58. The van der Waals surface area contributed by atoms with E-state index in [-0.39, 0.29) is 29.8 Å². The molecule has 3 aromatic rings. The van der Waals surface area contributed by atoms with Crippen LogP contribution in [0.4, 0.5) is 0 Å². The molecule has 1 atom stereocenters. The van der Waals surface area contributed by atoms with Gasteiger partial charge in [-0.05, 0) is 48.4 Å². The highest BCUT2D eigenvalue weighted by molar-refractivity contribution is 7.89. The zero-order chi connectivity index (χ0) is 24.8. The van der Waals surface area contributed by atoms with Crippen LogP contribution in [0.3, 0.4) is 0 Å². The minimum Gasteiger partial charge on any atom is -0.454 e. The molecule has 0 radical (unpaired) electrons. The topological polar surface area (TPSA) is 120 Å². The fraction of sp³-hybridized carbons (Fsp3) is 0.200. The summed E-state index contributed by atoms with van der Waals surface area (Å²) in [6, 6.07) is 19.5. The predicted molar refractivity (Wildman–Crippen MR) is 126 cm³/mol. The lowest BCUT2D eigenvalue weighted by atomic mass is 10.1. The molecule has 1 unspecified atom stereocenters. The van der Waals surface area contributed by atoms with Crippen molar-refractivity contribution in [2.75, 3.05) is 13.4 Å². The number of ether oxygens (including phenoxy) is 3. The SMILES string of the molecule is CC(NC(=O)COC(=O)c1cccc(S(=O)(=O)NCc2ccccc2)c1)c1ccc2c(c1)OCO2. The number of sulfonamides is 1. The van der Waals surface area contributed by atoms with E-state index in [1.165, 1.54) is 24.3 Å². The monoisotopic (exact) mass is 496 g/mol. The molecule has 0 spiro atoms. The van der Waals surface area contributed by atoms with Crippen molar-refractivity contribution in [3.8, 4) is 11.5 Å². The lowest BCUT2D eigenvalue weighted by Crippen LogP contribution is -2.31. The largest absolute Gasteiger partial charge is 0.454 e. The number of amides is 1. The summed E-state index contributed by atoms with van der Waals surface area (Å²) >= 11 is 0. The first-order chi connectivity index (χ1) is 16.8. The first-order valence-electron chi connectivity index (χ1n) is 10.8. The second-order valence-electron chi connectivity index (χ2n) is 7.82. The van der Waals surface area contributed by atoms with E-state index in [4.69, 9.17) is 14.2 Å². The summed E-state index contributed by atoms with van der Waals surface area (Å²) in [5.41, 5.74) is 1.62. The molecule has 35 heavy (non-hydrogen) atoms. The first kappa shape index (κ1) is 24.2. The Balaban J connectivity index is 1.31. The van der Waals surface area contributed by atoms with Crippen LogP contribution < -0.4 is 19.5 Å². The quantitative estimate of drug-likeness (QED) is 0.437. The van der Waals surface area contributed by atoms with Crippen LogP contribution in [0.2, 0.25) is 0 Å².